The van der Waals surface area contributed by atoms with Gasteiger partial charge in [0.2, 0.25) is 0 Å². The second kappa shape index (κ2) is 28.1. The van der Waals surface area contributed by atoms with Crippen LogP contribution in [0.1, 0.15) is 257 Å². The highest BCUT2D eigenvalue weighted by Gasteiger charge is 2.30. The molecule has 0 aromatic carbocycles. The molecular weight excluding hydrogens is 528 g/mol. The van der Waals surface area contributed by atoms with E-state index in [1.165, 1.54) is 205 Å². The monoisotopic (exact) mass is 613 g/mol. The van der Waals surface area contributed by atoms with Crippen molar-refractivity contribution >= 4 is 0 Å². The molecule has 0 heterocycles. The van der Waals surface area contributed by atoms with E-state index in [1.807, 2.05) is 0 Å². The van der Waals surface area contributed by atoms with Crippen LogP contribution < -0.4 is 0 Å². The van der Waals surface area contributed by atoms with Crippen LogP contribution in [0.25, 0.3) is 0 Å². The summed E-state index contributed by atoms with van der Waals surface area (Å²) < 4.78 is 0. The van der Waals surface area contributed by atoms with E-state index < -0.39 is 0 Å². The second-order valence-electron chi connectivity index (χ2n) is 16.7. The van der Waals surface area contributed by atoms with Crippen molar-refractivity contribution < 1.29 is 0 Å². The van der Waals surface area contributed by atoms with Gasteiger partial charge in [-0.2, -0.15) is 0 Å². The van der Waals surface area contributed by atoms with Crippen molar-refractivity contribution in [3.05, 3.63) is 0 Å². The minimum Gasteiger partial charge on any atom is -0.0533 e. The molecule has 0 heteroatoms. The number of rotatable bonds is 0. The number of hydrogen-bond acceptors (Lipinski definition) is 0. The maximum absolute atomic E-state index is 1.56. The highest BCUT2D eigenvalue weighted by Crippen LogP contribution is 2.43. The Morgan fingerprint density at radius 1 is 0.114 bits per heavy atom. The van der Waals surface area contributed by atoms with Gasteiger partial charge in [-0.15, -0.1) is 0 Å². The van der Waals surface area contributed by atoms with Gasteiger partial charge in [-0.05, 0) is 49.4 Å². The van der Waals surface area contributed by atoms with E-state index in [9.17, 15) is 0 Å². The van der Waals surface area contributed by atoms with Gasteiger partial charge < -0.3 is 0 Å². The van der Waals surface area contributed by atoms with Gasteiger partial charge in [-0.25, -0.2) is 0 Å². The molecule has 6 saturated carbocycles. The summed E-state index contributed by atoms with van der Waals surface area (Å²) >= 11 is 0. The molecule has 6 rings (SSSR count). The normalized spacial score (nSPS) is 31.6. The van der Waals surface area contributed by atoms with Crippen LogP contribution >= 0.6 is 0 Å². The van der Waals surface area contributed by atoms with Gasteiger partial charge in [0.05, 0.1) is 0 Å². The molecule has 6 fully saturated rings. The van der Waals surface area contributed by atoms with Gasteiger partial charge in [0.25, 0.3) is 0 Å². The Kier molecular flexibility index (Phi) is 24.5. The summed E-state index contributed by atoms with van der Waals surface area (Å²) in [6.07, 6.45) is 60.7. The van der Waals surface area contributed by atoms with Crippen LogP contribution in [0.3, 0.4) is 0 Å². The molecule has 0 aromatic rings. The highest BCUT2D eigenvalue weighted by molar-refractivity contribution is 4.82. The summed E-state index contributed by atoms with van der Waals surface area (Å²) in [5.41, 5.74) is 0. The molecule has 0 N–H and O–H groups in total. The Labute approximate surface area is 279 Å². The third kappa shape index (κ3) is 19.6. The van der Waals surface area contributed by atoms with Crippen molar-refractivity contribution in [2.75, 3.05) is 0 Å². The Bertz CT molecular complexity index is 437. The zero-order chi connectivity index (χ0) is 30.6. The van der Waals surface area contributed by atoms with Gasteiger partial charge in [-0.3, -0.25) is 0 Å². The molecule has 4 unspecified atom stereocenters. The molecule has 0 aliphatic heterocycles. The minimum atomic E-state index is 1.16. The summed E-state index contributed by atoms with van der Waals surface area (Å²) in [5, 5.41) is 0. The molecule has 44 heavy (non-hydrogen) atoms. The summed E-state index contributed by atoms with van der Waals surface area (Å²) in [5.74, 6) is 4.64. The summed E-state index contributed by atoms with van der Waals surface area (Å²) in [6, 6.07) is 0. The molecule has 260 valence electrons. The molecule has 4 atom stereocenters. The lowest BCUT2D eigenvalue weighted by Crippen LogP contribution is -2.25. The third-order valence-electron chi connectivity index (χ3n) is 12.9. The van der Waals surface area contributed by atoms with E-state index in [0.29, 0.717) is 0 Å². The highest BCUT2D eigenvalue weighted by atomic mass is 14.4. The Balaban J connectivity index is 0.000000160. The first-order valence-corrected chi connectivity index (χ1v) is 21.9. The number of fused-ring (bicyclic) bond motifs is 2. The Morgan fingerprint density at radius 2 is 0.227 bits per heavy atom. The smallest absolute Gasteiger partial charge is 0.0386 e. The standard InChI is InChI=1S/2C11H20.2C11H22/c2*1-2-4-6-10-8-9-11(10)7-5-3-1;2*1-2-4-6-8-10-11-9-7-5-3-1/h2*10-11H,1-9H2;2*1-11H2. The molecular formula is C44H84. The zero-order valence-electron chi connectivity index (χ0n) is 30.6. The molecule has 6 aliphatic carbocycles. The molecule has 0 radical (unpaired) electrons. The van der Waals surface area contributed by atoms with Crippen LogP contribution in [0.4, 0.5) is 0 Å². The summed E-state index contributed by atoms with van der Waals surface area (Å²) in [6.45, 7) is 0. The maximum atomic E-state index is 1.56. The molecule has 6 aliphatic rings. The van der Waals surface area contributed by atoms with Crippen molar-refractivity contribution in [3.63, 3.8) is 0 Å². The minimum absolute atomic E-state index is 1.16. The first-order valence-electron chi connectivity index (χ1n) is 21.9. The summed E-state index contributed by atoms with van der Waals surface area (Å²) in [7, 11) is 0. The van der Waals surface area contributed by atoms with Crippen LogP contribution in [-0.4, -0.2) is 0 Å². The van der Waals surface area contributed by atoms with E-state index in [0.717, 1.165) is 23.7 Å². The van der Waals surface area contributed by atoms with E-state index >= 15 is 0 Å². The lowest BCUT2D eigenvalue weighted by molar-refractivity contribution is 0.151. The van der Waals surface area contributed by atoms with E-state index in [4.69, 9.17) is 0 Å². The average molecular weight is 613 g/mol. The van der Waals surface area contributed by atoms with Gasteiger partial charge in [0.15, 0.2) is 0 Å². The predicted octanol–water partition coefficient (Wildman–Crippen LogP) is 16.1. The quantitative estimate of drug-likeness (QED) is 0.255. The van der Waals surface area contributed by atoms with Crippen LogP contribution in [-0.2, 0) is 0 Å². The fourth-order valence-corrected chi connectivity index (χ4v) is 9.37. The number of hydrogen-bond donors (Lipinski definition) is 0. The molecule has 0 saturated heterocycles. The first-order chi connectivity index (χ1) is 21.9. The van der Waals surface area contributed by atoms with Crippen LogP contribution in [0.2, 0.25) is 0 Å². The molecule has 0 spiro atoms. The van der Waals surface area contributed by atoms with Crippen LogP contribution in [0, 0.1) is 23.7 Å². The van der Waals surface area contributed by atoms with Crippen LogP contribution in [0.5, 0.6) is 0 Å². The van der Waals surface area contributed by atoms with E-state index in [1.54, 1.807) is 51.4 Å². The van der Waals surface area contributed by atoms with Crippen LogP contribution in [0.15, 0.2) is 0 Å². The second-order valence-corrected chi connectivity index (χ2v) is 16.7. The fourth-order valence-electron chi connectivity index (χ4n) is 9.37. The predicted molar refractivity (Wildman–Crippen MR) is 199 cm³/mol. The van der Waals surface area contributed by atoms with Gasteiger partial charge in [0, 0.05) is 0 Å². The van der Waals surface area contributed by atoms with Crippen molar-refractivity contribution in [2.24, 2.45) is 23.7 Å². The van der Waals surface area contributed by atoms with Gasteiger partial charge in [-0.1, -0.05) is 231 Å². The summed E-state index contributed by atoms with van der Waals surface area (Å²) in [4.78, 5) is 0. The van der Waals surface area contributed by atoms with Crippen molar-refractivity contribution in [1.82, 2.24) is 0 Å². The average Bonchev–Trinajstić information content (AvgIpc) is 3.08. The molecule has 0 bridgehead atoms. The largest absolute Gasteiger partial charge is 0.0533 e. The Morgan fingerprint density at radius 3 is 0.341 bits per heavy atom. The van der Waals surface area contributed by atoms with E-state index in [2.05, 4.69) is 0 Å². The molecule has 0 amide bonds. The topological polar surface area (TPSA) is 0 Å². The lowest BCUT2D eigenvalue weighted by Gasteiger charge is -2.36. The Hall–Kier alpha value is 0. The van der Waals surface area contributed by atoms with Crippen molar-refractivity contribution in [1.29, 1.82) is 0 Å². The van der Waals surface area contributed by atoms with Gasteiger partial charge >= 0.3 is 0 Å². The lowest BCUT2D eigenvalue weighted by atomic mass is 9.69. The molecule has 0 nitrogen and oxygen atoms in total. The zero-order valence-corrected chi connectivity index (χ0v) is 30.6. The van der Waals surface area contributed by atoms with Gasteiger partial charge in [0.1, 0.15) is 0 Å². The first kappa shape index (κ1) is 38.4. The molecule has 0 aromatic heterocycles. The fraction of sp³-hybridized carbons (Fsp3) is 1.00. The third-order valence-corrected chi connectivity index (χ3v) is 12.9. The van der Waals surface area contributed by atoms with E-state index in [-0.39, 0.29) is 0 Å². The van der Waals surface area contributed by atoms with Crippen molar-refractivity contribution in [2.45, 2.75) is 257 Å². The SMILES string of the molecule is C1CCCC2CCC2CCC1.C1CCCC2CCC2CCC1.C1CCCCCCCCCC1.C1CCCCCCCCCC1. The van der Waals surface area contributed by atoms with Crippen molar-refractivity contribution in [3.8, 4) is 0 Å². The maximum Gasteiger partial charge on any atom is -0.0386 e.